The number of aryl methyl sites for hydroxylation is 1. The molecule has 2 aromatic heterocycles. The Kier molecular flexibility index (Phi) is 5.74. The molecule has 0 aliphatic carbocycles. The van der Waals surface area contributed by atoms with Crippen LogP contribution in [0.25, 0.3) is 0 Å². The van der Waals surface area contributed by atoms with Gasteiger partial charge in [0.15, 0.2) is 0 Å². The molecule has 0 saturated carbocycles. The van der Waals surface area contributed by atoms with Crippen molar-refractivity contribution < 1.29 is 4.79 Å². The van der Waals surface area contributed by atoms with E-state index >= 15 is 0 Å². The van der Waals surface area contributed by atoms with Gasteiger partial charge in [-0.05, 0) is 50.1 Å². The Bertz CT molecular complexity index is 832. The summed E-state index contributed by atoms with van der Waals surface area (Å²) in [6.45, 7) is 3.94. The fourth-order valence-electron chi connectivity index (χ4n) is 2.83. The van der Waals surface area contributed by atoms with Crippen LogP contribution in [-0.4, -0.2) is 15.9 Å². The molecule has 0 radical (unpaired) electrons. The number of aromatic nitrogens is 2. The van der Waals surface area contributed by atoms with Crippen LogP contribution < -0.4 is 5.32 Å². The highest BCUT2D eigenvalue weighted by Crippen LogP contribution is 2.20. The summed E-state index contributed by atoms with van der Waals surface area (Å²) in [5.41, 5.74) is 4.00. The Balaban J connectivity index is 1.79. The van der Waals surface area contributed by atoms with E-state index in [4.69, 9.17) is 0 Å². The number of nitrogens with zero attached hydrogens (tertiary/aromatic N) is 2. The van der Waals surface area contributed by atoms with Crippen LogP contribution in [0.4, 0.5) is 0 Å². The van der Waals surface area contributed by atoms with Gasteiger partial charge in [0.1, 0.15) is 0 Å². The van der Waals surface area contributed by atoms with Crippen LogP contribution in [0.3, 0.4) is 0 Å². The SMILES string of the molecule is Cc1ccc(C[C@@H](NC(=O)[C@@H](C)c2ccccn2)c2ccccn2)cc1. The molecular formula is C22H23N3O. The lowest BCUT2D eigenvalue weighted by molar-refractivity contribution is -0.123. The van der Waals surface area contributed by atoms with Gasteiger partial charge in [-0.3, -0.25) is 14.8 Å². The molecule has 0 bridgehead atoms. The normalized spacial score (nSPS) is 13.0. The van der Waals surface area contributed by atoms with E-state index in [0.717, 1.165) is 17.0 Å². The minimum Gasteiger partial charge on any atom is -0.347 e. The number of amides is 1. The third-order valence-corrected chi connectivity index (χ3v) is 4.45. The average Bonchev–Trinajstić information content (AvgIpc) is 2.70. The summed E-state index contributed by atoms with van der Waals surface area (Å²) in [6.07, 6.45) is 4.16. The second-order valence-electron chi connectivity index (χ2n) is 6.48. The highest BCUT2D eigenvalue weighted by atomic mass is 16.1. The van der Waals surface area contributed by atoms with Crippen molar-refractivity contribution in [3.05, 3.63) is 95.6 Å². The predicted octanol–water partition coefficient (Wildman–Crippen LogP) is 3.99. The molecule has 0 spiro atoms. The van der Waals surface area contributed by atoms with Crippen LogP contribution in [0.15, 0.2) is 73.1 Å². The molecule has 3 aromatic rings. The van der Waals surface area contributed by atoms with Gasteiger partial charge in [0.05, 0.1) is 23.3 Å². The lowest BCUT2D eigenvalue weighted by atomic mass is 10.00. The number of carbonyl (C=O) groups is 1. The monoisotopic (exact) mass is 345 g/mol. The Morgan fingerprint density at radius 2 is 1.54 bits per heavy atom. The number of benzene rings is 1. The van der Waals surface area contributed by atoms with E-state index in [2.05, 4.69) is 46.5 Å². The average molecular weight is 345 g/mol. The number of nitrogens with one attached hydrogen (secondary N) is 1. The van der Waals surface area contributed by atoms with E-state index in [1.54, 1.807) is 12.4 Å². The molecule has 132 valence electrons. The topological polar surface area (TPSA) is 54.9 Å². The zero-order valence-corrected chi connectivity index (χ0v) is 15.1. The van der Waals surface area contributed by atoms with E-state index in [0.29, 0.717) is 6.42 Å². The maximum Gasteiger partial charge on any atom is 0.229 e. The molecule has 4 nitrogen and oxygen atoms in total. The molecule has 0 unspecified atom stereocenters. The Morgan fingerprint density at radius 1 is 0.923 bits per heavy atom. The second-order valence-corrected chi connectivity index (χ2v) is 6.48. The van der Waals surface area contributed by atoms with Gasteiger partial charge < -0.3 is 5.32 Å². The van der Waals surface area contributed by atoms with Gasteiger partial charge in [-0.25, -0.2) is 0 Å². The van der Waals surface area contributed by atoms with E-state index in [9.17, 15) is 4.79 Å². The maximum absolute atomic E-state index is 12.8. The Hall–Kier alpha value is -3.01. The lowest BCUT2D eigenvalue weighted by Crippen LogP contribution is -2.33. The van der Waals surface area contributed by atoms with Gasteiger partial charge in [-0.2, -0.15) is 0 Å². The van der Waals surface area contributed by atoms with Crippen LogP contribution in [0.1, 0.15) is 41.4 Å². The number of carbonyl (C=O) groups excluding carboxylic acids is 1. The first-order valence-corrected chi connectivity index (χ1v) is 8.81. The van der Waals surface area contributed by atoms with Crippen LogP contribution in [0, 0.1) is 6.92 Å². The van der Waals surface area contributed by atoms with Gasteiger partial charge in [-0.1, -0.05) is 42.0 Å². The van der Waals surface area contributed by atoms with Gasteiger partial charge in [-0.15, -0.1) is 0 Å². The van der Waals surface area contributed by atoms with E-state index in [1.165, 1.54) is 5.56 Å². The summed E-state index contributed by atoms with van der Waals surface area (Å²) in [4.78, 5) is 21.5. The molecule has 0 aliphatic heterocycles. The number of rotatable bonds is 6. The van der Waals surface area contributed by atoms with Crippen LogP contribution in [0.5, 0.6) is 0 Å². The second kappa shape index (κ2) is 8.39. The molecule has 26 heavy (non-hydrogen) atoms. The highest BCUT2D eigenvalue weighted by molar-refractivity contribution is 5.83. The van der Waals surface area contributed by atoms with Gasteiger partial charge in [0.2, 0.25) is 5.91 Å². The van der Waals surface area contributed by atoms with Gasteiger partial charge in [0.25, 0.3) is 0 Å². The number of pyridine rings is 2. The molecule has 0 saturated heterocycles. The first kappa shape index (κ1) is 17.8. The van der Waals surface area contributed by atoms with Crippen molar-refractivity contribution in [2.24, 2.45) is 0 Å². The predicted molar refractivity (Wildman–Crippen MR) is 103 cm³/mol. The molecule has 1 aromatic carbocycles. The number of hydrogen-bond acceptors (Lipinski definition) is 3. The summed E-state index contributed by atoms with van der Waals surface area (Å²) in [5.74, 6) is -0.369. The highest BCUT2D eigenvalue weighted by Gasteiger charge is 2.22. The first-order chi connectivity index (χ1) is 12.6. The minimum atomic E-state index is -0.319. The molecule has 1 N–H and O–H groups in total. The van der Waals surface area contributed by atoms with E-state index in [-0.39, 0.29) is 17.9 Å². The van der Waals surface area contributed by atoms with Crippen LogP contribution in [0.2, 0.25) is 0 Å². The van der Waals surface area contributed by atoms with Crippen molar-refractivity contribution in [3.63, 3.8) is 0 Å². The van der Waals surface area contributed by atoms with E-state index in [1.807, 2.05) is 43.3 Å². The zero-order chi connectivity index (χ0) is 18.4. The van der Waals surface area contributed by atoms with Gasteiger partial charge >= 0.3 is 0 Å². The Morgan fingerprint density at radius 3 is 2.12 bits per heavy atom. The van der Waals surface area contributed by atoms with Crippen molar-refractivity contribution in [1.29, 1.82) is 0 Å². The standard InChI is InChI=1S/C22H23N3O/c1-16-9-11-18(12-10-16)15-21(20-8-4-6-14-24-20)25-22(26)17(2)19-7-3-5-13-23-19/h3-14,17,21H,15H2,1-2H3,(H,25,26)/t17-,21+/m0/s1. The van der Waals surface area contributed by atoms with Crippen molar-refractivity contribution in [2.45, 2.75) is 32.2 Å². The first-order valence-electron chi connectivity index (χ1n) is 8.81. The molecule has 3 rings (SSSR count). The van der Waals surface area contributed by atoms with Crippen molar-refractivity contribution in [1.82, 2.24) is 15.3 Å². The third kappa shape index (κ3) is 4.54. The molecule has 4 heteroatoms. The summed E-state index contributed by atoms with van der Waals surface area (Å²) >= 11 is 0. The molecule has 1 amide bonds. The molecular weight excluding hydrogens is 322 g/mol. The Labute approximate surface area is 154 Å². The fraction of sp³-hybridized carbons (Fsp3) is 0.227. The van der Waals surface area contributed by atoms with Gasteiger partial charge in [0, 0.05) is 12.4 Å². The fourth-order valence-corrected chi connectivity index (χ4v) is 2.83. The lowest BCUT2D eigenvalue weighted by Gasteiger charge is -2.21. The number of hydrogen-bond donors (Lipinski definition) is 1. The summed E-state index contributed by atoms with van der Waals surface area (Å²) < 4.78 is 0. The largest absolute Gasteiger partial charge is 0.347 e. The van der Waals surface area contributed by atoms with Crippen LogP contribution >= 0.6 is 0 Å². The van der Waals surface area contributed by atoms with Crippen molar-refractivity contribution in [2.75, 3.05) is 0 Å². The summed E-state index contributed by atoms with van der Waals surface area (Å²) in [6, 6.07) is 19.6. The molecule has 2 heterocycles. The van der Waals surface area contributed by atoms with Crippen molar-refractivity contribution >= 4 is 5.91 Å². The van der Waals surface area contributed by atoms with E-state index < -0.39 is 0 Å². The summed E-state index contributed by atoms with van der Waals surface area (Å²) in [5, 5.41) is 3.15. The minimum absolute atomic E-state index is 0.0496. The zero-order valence-electron chi connectivity index (χ0n) is 15.1. The third-order valence-electron chi connectivity index (χ3n) is 4.45. The van der Waals surface area contributed by atoms with Crippen LogP contribution in [-0.2, 0) is 11.2 Å². The molecule has 0 aliphatic rings. The molecule has 0 fully saturated rings. The quantitative estimate of drug-likeness (QED) is 0.735. The molecule has 2 atom stereocenters. The summed E-state index contributed by atoms with van der Waals surface area (Å²) in [7, 11) is 0. The smallest absolute Gasteiger partial charge is 0.229 e. The van der Waals surface area contributed by atoms with Crippen molar-refractivity contribution in [3.8, 4) is 0 Å². The maximum atomic E-state index is 12.8.